The lowest BCUT2D eigenvalue weighted by atomic mass is 9.76. The number of carbonyl (C=O) groups is 1. The van der Waals surface area contributed by atoms with Gasteiger partial charge < -0.3 is 10.5 Å². The molecule has 0 radical (unpaired) electrons. The molecular weight excluding hydrogens is 471 g/mol. The van der Waals surface area contributed by atoms with Crippen molar-refractivity contribution in [2.45, 2.75) is 24.8 Å². The first kappa shape index (κ1) is 24.8. The Morgan fingerprint density at radius 1 is 1.13 bits per heavy atom. The van der Waals surface area contributed by atoms with E-state index in [2.05, 4.69) is 0 Å². The van der Waals surface area contributed by atoms with Crippen molar-refractivity contribution in [3.8, 4) is 0 Å². The van der Waals surface area contributed by atoms with Crippen molar-refractivity contribution in [2.24, 2.45) is 5.73 Å². The molecule has 2 aromatic carbocycles. The molecule has 0 saturated carbocycles. The Morgan fingerprint density at radius 3 is 2.37 bits per heavy atom. The van der Waals surface area contributed by atoms with Gasteiger partial charge in [0.1, 0.15) is 0 Å². The van der Waals surface area contributed by atoms with E-state index in [1.54, 1.807) is 18.2 Å². The average Bonchev–Trinajstić information content (AvgIpc) is 2.68. The van der Waals surface area contributed by atoms with Crippen LogP contribution in [0.1, 0.15) is 51.8 Å². The highest BCUT2D eigenvalue weighted by atomic mass is 35.5. The van der Waals surface area contributed by atoms with Crippen LogP contribution in [-0.2, 0) is 14.8 Å². The fourth-order valence-corrected chi connectivity index (χ4v) is 4.50. The Morgan fingerprint density at radius 2 is 1.80 bits per heavy atom. The number of fused-ring (bicyclic) bond motifs is 1. The van der Waals surface area contributed by atoms with Crippen LogP contribution in [0.5, 0.6) is 0 Å². The molecule has 0 heterocycles. The third kappa shape index (κ3) is 4.70. The molecule has 30 heavy (non-hydrogen) atoms. The highest BCUT2D eigenvalue weighted by molar-refractivity contribution is 7.92. The molecule has 2 atom stereocenters. The van der Waals surface area contributed by atoms with Gasteiger partial charge in [-0.05, 0) is 53.8 Å². The number of carbonyl (C=O) groups excluding carboxylic acids is 1. The highest BCUT2D eigenvalue weighted by Crippen LogP contribution is 2.44. The third-order valence-electron chi connectivity index (χ3n) is 5.33. The van der Waals surface area contributed by atoms with E-state index in [0.717, 1.165) is 33.7 Å². The summed E-state index contributed by atoms with van der Waals surface area (Å²) in [5, 5.41) is 0.908. The standard InChI is InChI=1S/C20H22Cl2N2O4S.ClH/c1-24(29(3,26)27)19-10-14-13(9-15(19)20(25)28-2)12(5-7-18(14)23)11-4-6-16(21)17(22)8-11;/h4,6,8-10,12,18H,5,7,23H2,1-3H3;1H/t12-,18?;/m0./s1. The van der Waals surface area contributed by atoms with Gasteiger partial charge in [-0.15, -0.1) is 12.4 Å². The Hall–Kier alpha value is -1.51. The summed E-state index contributed by atoms with van der Waals surface area (Å²) in [5.74, 6) is -0.675. The Labute approximate surface area is 192 Å². The molecule has 0 bridgehead atoms. The van der Waals surface area contributed by atoms with E-state index in [1.807, 2.05) is 12.1 Å². The number of methoxy groups -OCH3 is 1. The topological polar surface area (TPSA) is 89.7 Å². The van der Waals surface area contributed by atoms with E-state index in [0.29, 0.717) is 16.5 Å². The van der Waals surface area contributed by atoms with Crippen LogP contribution in [0.3, 0.4) is 0 Å². The van der Waals surface area contributed by atoms with E-state index in [9.17, 15) is 13.2 Å². The van der Waals surface area contributed by atoms with Gasteiger partial charge in [-0.25, -0.2) is 13.2 Å². The van der Waals surface area contributed by atoms with Gasteiger partial charge in [-0.3, -0.25) is 4.31 Å². The maximum Gasteiger partial charge on any atom is 0.340 e. The van der Waals surface area contributed by atoms with E-state index in [4.69, 9.17) is 33.7 Å². The molecule has 0 aliphatic heterocycles. The molecule has 10 heteroatoms. The highest BCUT2D eigenvalue weighted by Gasteiger charge is 2.31. The molecule has 0 saturated heterocycles. The van der Waals surface area contributed by atoms with Gasteiger partial charge >= 0.3 is 5.97 Å². The number of ether oxygens (including phenoxy) is 1. The molecule has 1 unspecified atom stereocenters. The van der Waals surface area contributed by atoms with E-state index in [-0.39, 0.29) is 35.6 Å². The van der Waals surface area contributed by atoms with Gasteiger partial charge in [-0.1, -0.05) is 29.3 Å². The zero-order valence-electron chi connectivity index (χ0n) is 16.7. The molecule has 6 nitrogen and oxygen atoms in total. The second-order valence-electron chi connectivity index (χ2n) is 7.13. The largest absolute Gasteiger partial charge is 0.465 e. The molecule has 0 amide bonds. The van der Waals surface area contributed by atoms with Crippen molar-refractivity contribution in [1.29, 1.82) is 0 Å². The summed E-state index contributed by atoms with van der Waals surface area (Å²) in [5.41, 5.74) is 9.35. The van der Waals surface area contributed by atoms with Gasteiger partial charge in [0.2, 0.25) is 10.0 Å². The van der Waals surface area contributed by atoms with E-state index < -0.39 is 16.0 Å². The predicted molar refractivity (Wildman–Crippen MR) is 123 cm³/mol. The van der Waals surface area contributed by atoms with Gasteiger partial charge in [0.05, 0.1) is 34.7 Å². The summed E-state index contributed by atoms with van der Waals surface area (Å²) in [6.07, 6.45) is 2.54. The fourth-order valence-electron chi connectivity index (χ4n) is 3.69. The maximum absolute atomic E-state index is 12.5. The minimum Gasteiger partial charge on any atom is -0.465 e. The third-order valence-corrected chi connectivity index (χ3v) is 7.26. The van der Waals surface area contributed by atoms with E-state index in [1.165, 1.54) is 14.2 Å². The molecule has 0 aromatic heterocycles. The maximum atomic E-state index is 12.5. The summed E-state index contributed by atoms with van der Waals surface area (Å²) < 4.78 is 30.2. The van der Waals surface area contributed by atoms with Crippen LogP contribution in [-0.4, -0.2) is 34.8 Å². The van der Waals surface area contributed by atoms with E-state index >= 15 is 0 Å². The average molecular weight is 494 g/mol. The Kier molecular flexibility index (Phi) is 7.69. The molecule has 1 aliphatic rings. The first-order chi connectivity index (χ1) is 13.5. The number of halogens is 3. The predicted octanol–water partition coefficient (Wildman–Crippen LogP) is 4.52. The lowest BCUT2D eigenvalue weighted by molar-refractivity contribution is 0.0601. The summed E-state index contributed by atoms with van der Waals surface area (Å²) in [6, 6.07) is 8.53. The first-order valence-electron chi connectivity index (χ1n) is 8.95. The normalized spacial score (nSPS) is 18.2. The zero-order valence-corrected chi connectivity index (χ0v) is 19.8. The summed E-state index contributed by atoms with van der Waals surface area (Å²) in [7, 11) is -0.932. The van der Waals surface area contributed by atoms with Crippen molar-refractivity contribution in [3.05, 3.63) is 62.6 Å². The number of hydrogen-bond donors (Lipinski definition) is 1. The molecule has 3 rings (SSSR count). The number of rotatable bonds is 4. The van der Waals surface area contributed by atoms with Crippen LogP contribution in [0.25, 0.3) is 0 Å². The lowest BCUT2D eigenvalue weighted by Gasteiger charge is -2.32. The molecule has 0 spiro atoms. The van der Waals surface area contributed by atoms with Crippen LogP contribution in [0, 0.1) is 0 Å². The van der Waals surface area contributed by atoms with Crippen LogP contribution in [0.15, 0.2) is 30.3 Å². The number of nitrogens with two attached hydrogens (primary N) is 1. The SMILES string of the molecule is COC(=O)c1cc2c(cc1N(C)S(C)(=O)=O)C(N)CC[C@H]2c1ccc(Cl)c(Cl)c1.Cl. The fraction of sp³-hybridized carbons (Fsp3) is 0.350. The van der Waals surface area contributed by atoms with Crippen molar-refractivity contribution in [3.63, 3.8) is 0 Å². The van der Waals surface area contributed by atoms with Crippen LogP contribution < -0.4 is 10.0 Å². The second-order valence-corrected chi connectivity index (χ2v) is 9.96. The minimum absolute atomic E-state index is 0. The minimum atomic E-state index is -3.59. The number of nitrogens with zero attached hydrogens (tertiary/aromatic N) is 1. The second kappa shape index (κ2) is 9.32. The van der Waals surface area contributed by atoms with Crippen molar-refractivity contribution in [1.82, 2.24) is 0 Å². The number of benzene rings is 2. The first-order valence-corrected chi connectivity index (χ1v) is 11.6. The number of hydrogen-bond acceptors (Lipinski definition) is 5. The Balaban J connectivity index is 0.00000320. The van der Waals surface area contributed by atoms with Crippen LogP contribution in [0.4, 0.5) is 5.69 Å². The Bertz CT molecular complexity index is 1080. The van der Waals surface area contributed by atoms with Gasteiger partial charge in [-0.2, -0.15) is 0 Å². The number of anilines is 1. The number of esters is 1. The smallest absolute Gasteiger partial charge is 0.340 e. The summed E-state index contributed by atoms with van der Waals surface area (Å²) in [4.78, 5) is 12.5. The molecular formula is C20H23Cl3N2O4S. The quantitative estimate of drug-likeness (QED) is 0.632. The van der Waals surface area contributed by atoms with Crippen LogP contribution in [0.2, 0.25) is 10.0 Å². The van der Waals surface area contributed by atoms with Crippen LogP contribution >= 0.6 is 35.6 Å². The summed E-state index contributed by atoms with van der Waals surface area (Å²) in [6.45, 7) is 0. The van der Waals surface area contributed by atoms with Gasteiger partial charge in [0.25, 0.3) is 0 Å². The zero-order chi connectivity index (χ0) is 21.5. The summed E-state index contributed by atoms with van der Waals surface area (Å²) >= 11 is 12.3. The van der Waals surface area contributed by atoms with Gasteiger partial charge in [0.15, 0.2) is 0 Å². The molecule has 164 valence electrons. The lowest BCUT2D eigenvalue weighted by Crippen LogP contribution is -2.29. The molecule has 2 N–H and O–H groups in total. The monoisotopic (exact) mass is 492 g/mol. The van der Waals surface area contributed by atoms with Gasteiger partial charge in [0, 0.05) is 19.0 Å². The molecule has 2 aromatic rings. The number of sulfonamides is 1. The van der Waals surface area contributed by atoms with Crippen molar-refractivity contribution in [2.75, 3.05) is 24.7 Å². The van der Waals surface area contributed by atoms with Crippen molar-refractivity contribution >= 4 is 57.3 Å². The molecule has 0 fully saturated rings. The van der Waals surface area contributed by atoms with Crippen molar-refractivity contribution < 1.29 is 17.9 Å². The molecule has 1 aliphatic carbocycles.